The summed E-state index contributed by atoms with van der Waals surface area (Å²) in [4.78, 5) is 36.2. The molecule has 0 saturated heterocycles. The largest absolute Gasteiger partial charge is 0.464 e. The molecule has 0 atom stereocenters. The van der Waals surface area contributed by atoms with Gasteiger partial charge in [-0.05, 0) is 26.0 Å². The van der Waals surface area contributed by atoms with Gasteiger partial charge in [-0.3, -0.25) is 4.79 Å². The summed E-state index contributed by atoms with van der Waals surface area (Å²) in [6.07, 6.45) is -0.251. The second kappa shape index (κ2) is 9.36. The predicted octanol–water partition coefficient (Wildman–Crippen LogP) is 1.43. The summed E-state index contributed by atoms with van der Waals surface area (Å²) in [5.74, 6) is 3.28. The highest BCUT2D eigenvalue weighted by Gasteiger charge is 2.49. The molecule has 1 N–H and O–H groups in total. The third kappa shape index (κ3) is 5.13. The molecule has 0 aliphatic heterocycles. The number of esters is 2. The number of rotatable bonds is 6. The molecular formula is C18H21NO5. The molecule has 0 aliphatic rings. The van der Waals surface area contributed by atoms with Gasteiger partial charge in [0, 0.05) is 12.5 Å². The molecule has 0 aromatic heterocycles. The third-order valence-electron chi connectivity index (χ3n) is 3.00. The normalized spacial score (nSPS) is 10.1. The Bertz CT molecular complexity index is 624. The Hall–Kier alpha value is -2.81. The van der Waals surface area contributed by atoms with Gasteiger partial charge in [-0.25, -0.2) is 9.59 Å². The first kappa shape index (κ1) is 19.2. The van der Waals surface area contributed by atoms with Crippen LogP contribution in [0, 0.1) is 11.8 Å². The van der Waals surface area contributed by atoms with Crippen LogP contribution in [0.25, 0.3) is 0 Å². The molecule has 1 rings (SSSR count). The van der Waals surface area contributed by atoms with Crippen LogP contribution in [0.2, 0.25) is 0 Å². The van der Waals surface area contributed by atoms with Crippen LogP contribution in [-0.2, 0) is 23.9 Å². The van der Waals surface area contributed by atoms with Crippen LogP contribution < -0.4 is 5.32 Å². The van der Waals surface area contributed by atoms with Gasteiger partial charge in [0.1, 0.15) is 0 Å². The fraction of sp³-hybridized carbons (Fsp3) is 0.389. The van der Waals surface area contributed by atoms with Crippen molar-refractivity contribution >= 4 is 17.8 Å². The lowest BCUT2D eigenvalue weighted by Gasteiger charge is -2.27. The summed E-state index contributed by atoms with van der Waals surface area (Å²) < 4.78 is 9.91. The van der Waals surface area contributed by atoms with E-state index in [1.54, 1.807) is 26.0 Å². The Kier molecular flexibility index (Phi) is 7.50. The minimum atomic E-state index is -1.97. The third-order valence-corrected chi connectivity index (χ3v) is 3.00. The van der Waals surface area contributed by atoms with E-state index in [4.69, 9.17) is 9.47 Å². The standard InChI is InChI=1S/C18H21NO5/c1-4-23-16(21)18(19-14(3)20,17(22)24-5-2)13-9-12-15-10-7-6-8-11-15/h6-8,10-11H,4-5,13H2,1-3H3,(H,19,20). The van der Waals surface area contributed by atoms with Crippen LogP contribution in [-0.4, -0.2) is 36.6 Å². The number of hydrogen-bond acceptors (Lipinski definition) is 5. The van der Waals surface area contributed by atoms with Gasteiger partial charge in [-0.15, -0.1) is 0 Å². The van der Waals surface area contributed by atoms with E-state index in [2.05, 4.69) is 17.2 Å². The van der Waals surface area contributed by atoms with Crippen LogP contribution >= 0.6 is 0 Å². The molecule has 6 heteroatoms. The number of carbonyl (C=O) groups is 3. The lowest BCUT2D eigenvalue weighted by atomic mass is 9.95. The smallest absolute Gasteiger partial charge is 0.344 e. The molecule has 0 unspecified atom stereocenters. The second-order valence-corrected chi connectivity index (χ2v) is 4.87. The molecule has 0 radical (unpaired) electrons. The quantitative estimate of drug-likeness (QED) is 0.484. The van der Waals surface area contributed by atoms with Gasteiger partial charge in [-0.2, -0.15) is 0 Å². The van der Waals surface area contributed by atoms with Gasteiger partial charge in [0.05, 0.1) is 19.6 Å². The summed E-state index contributed by atoms with van der Waals surface area (Å²) >= 11 is 0. The Morgan fingerprint density at radius 3 is 2.04 bits per heavy atom. The lowest BCUT2D eigenvalue weighted by Crippen LogP contribution is -2.61. The Morgan fingerprint density at radius 1 is 1.04 bits per heavy atom. The van der Waals surface area contributed by atoms with E-state index in [-0.39, 0.29) is 19.6 Å². The number of nitrogens with one attached hydrogen (secondary N) is 1. The van der Waals surface area contributed by atoms with Crippen molar-refractivity contribution in [1.82, 2.24) is 5.32 Å². The maximum absolute atomic E-state index is 12.4. The van der Waals surface area contributed by atoms with Gasteiger partial charge in [0.15, 0.2) is 0 Å². The summed E-state index contributed by atoms with van der Waals surface area (Å²) in [5.41, 5.74) is -1.25. The minimum absolute atomic E-state index is 0.0612. The number of amides is 1. The highest BCUT2D eigenvalue weighted by atomic mass is 16.6. The first-order valence-corrected chi connectivity index (χ1v) is 7.63. The fourth-order valence-corrected chi connectivity index (χ4v) is 1.98. The average Bonchev–Trinajstić information content (AvgIpc) is 2.54. The predicted molar refractivity (Wildman–Crippen MR) is 87.8 cm³/mol. The van der Waals surface area contributed by atoms with Crippen LogP contribution in [0.5, 0.6) is 0 Å². The summed E-state index contributed by atoms with van der Waals surface area (Å²) in [5, 5.41) is 2.36. The molecule has 1 aromatic carbocycles. The van der Waals surface area contributed by atoms with Crippen molar-refractivity contribution in [3.05, 3.63) is 35.9 Å². The Balaban J connectivity index is 3.18. The van der Waals surface area contributed by atoms with Crippen LogP contribution in [0.1, 0.15) is 32.8 Å². The molecule has 0 heterocycles. The molecule has 1 aromatic rings. The number of ether oxygens (including phenoxy) is 2. The Labute approximate surface area is 141 Å². The summed E-state index contributed by atoms with van der Waals surface area (Å²) in [6.45, 7) is 4.55. The minimum Gasteiger partial charge on any atom is -0.464 e. The lowest BCUT2D eigenvalue weighted by molar-refractivity contribution is -0.167. The van der Waals surface area contributed by atoms with Crippen molar-refractivity contribution in [2.24, 2.45) is 0 Å². The molecule has 0 bridgehead atoms. The second-order valence-electron chi connectivity index (χ2n) is 4.87. The first-order chi connectivity index (χ1) is 11.5. The highest BCUT2D eigenvalue weighted by molar-refractivity contribution is 6.08. The molecular weight excluding hydrogens is 310 g/mol. The van der Waals surface area contributed by atoms with Crippen molar-refractivity contribution < 1.29 is 23.9 Å². The van der Waals surface area contributed by atoms with E-state index in [9.17, 15) is 14.4 Å². The number of hydrogen-bond donors (Lipinski definition) is 1. The van der Waals surface area contributed by atoms with E-state index in [0.717, 1.165) is 5.56 Å². The first-order valence-electron chi connectivity index (χ1n) is 7.63. The zero-order valence-electron chi connectivity index (χ0n) is 14.0. The molecule has 24 heavy (non-hydrogen) atoms. The van der Waals surface area contributed by atoms with Crippen molar-refractivity contribution in [2.75, 3.05) is 13.2 Å². The van der Waals surface area contributed by atoms with E-state index >= 15 is 0 Å². The molecule has 0 fully saturated rings. The van der Waals surface area contributed by atoms with Crippen molar-refractivity contribution in [3.8, 4) is 11.8 Å². The van der Waals surface area contributed by atoms with Crippen LogP contribution in [0.4, 0.5) is 0 Å². The van der Waals surface area contributed by atoms with Gasteiger partial charge in [-0.1, -0.05) is 30.0 Å². The van der Waals surface area contributed by atoms with Crippen molar-refractivity contribution in [2.45, 2.75) is 32.7 Å². The van der Waals surface area contributed by atoms with E-state index in [1.165, 1.54) is 6.92 Å². The van der Waals surface area contributed by atoms with Crippen molar-refractivity contribution in [3.63, 3.8) is 0 Å². The van der Waals surface area contributed by atoms with Gasteiger partial charge in [0.25, 0.3) is 0 Å². The molecule has 0 spiro atoms. The highest BCUT2D eigenvalue weighted by Crippen LogP contribution is 2.16. The van der Waals surface area contributed by atoms with Crippen LogP contribution in [0.3, 0.4) is 0 Å². The van der Waals surface area contributed by atoms with E-state index < -0.39 is 23.4 Å². The van der Waals surface area contributed by atoms with E-state index in [0.29, 0.717) is 0 Å². The van der Waals surface area contributed by atoms with Gasteiger partial charge in [0.2, 0.25) is 11.4 Å². The Morgan fingerprint density at radius 2 is 1.58 bits per heavy atom. The topological polar surface area (TPSA) is 81.7 Å². The zero-order chi connectivity index (χ0) is 18.0. The van der Waals surface area contributed by atoms with Crippen LogP contribution in [0.15, 0.2) is 30.3 Å². The molecule has 128 valence electrons. The van der Waals surface area contributed by atoms with Gasteiger partial charge >= 0.3 is 11.9 Å². The zero-order valence-corrected chi connectivity index (χ0v) is 14.0. The maximum Gasteiger partial charge on any atom is 0.344 e. The van der Waals surface area contributed by atoms with Crippen molar-refractivity contribution in [1.29, 1.82) is 0 Å². The summed E-state index contributed by atoms with van der Waals surface area (Å²) in [6, 6.07) is 9.08. The molecule has 0 saturated carbocycles. The monoisotopic (exact) mass is 331 g/mol. The van der Waals surface area contributed by atoms with Gasteiger partial charge < -0.3 is 14.8 Å². The molecule has 6 nitrogen and oxygen atoms in total. The van der Waals surface area contributed by atoms with E-state index in [1.807, 2.05) is 18.2 Å². The fourth-order valence-electron chi connectivity index (χ4n) is 1.98. The summed E-state index contributed by atoms with van der Waals surface area (Å²) in [7, 11) is 0. The number of benzene rings is 1. The molecule has 0 aliphatic carbocycles. The SMILES string of the molecule is CCOC(=O)C(CC#Cc1ccccc1)(NC(C)=O)C(=O)OCC. The maximum atomic E-state index is 12.4. The number of carbonyl (C=O) groups excluding carboxylic acids is 3. The average molecular weight is 331 g/mol. The molecule has 1 amide bonds.